The van der Waals surface area contributed by atoms with Crippen LogP contribution in [-0.2, 0) is 4.74 Å². The number of amides is 1. The summed E-state index contributed by atoms with van der Waals surface area (Å²) in [5, 5.41) is 0. The maximum absolute atomic E-state index is 13.4. The molecule has 1 saturated heterocycles. The zero-order valence-corrected chi connectivity index (χ0v) is 8.73. The summed E-state index contributed by atoms with van der Waals surface area (Å²) in [6.07, 6.45) is -0.959. The fourth-order valence-corrected chi connectivity index (χ4v) is 1.74. The van der Waals surface area contributed by atoms with Gasteiger partial charge in [0, 0.05) is 18.7 Å². The third-order valence-electron chi connectivity index (χ3n) is 2.54. The number of nitrogens with two attached hydrogens (primary N) is 1. The Bertz CT molecular complexity index is 397. The molecule has 1 aromatic rings. The Morgan fingerprint density at radius 2 is 2.25 bits per heavy atom. The molecule has 0 spiro atoms. The molecule has 0 saturated carbocycles. The summed E-state index contributed by atoms with van der Waals surface area (Å²) in [7, 11) is 0. The molecule has 1 atom stereocenters. The van der Waals surface area contributed by atoms with Gasteiger partial charge in [-0.3, -0.25) is 0 Å². The zero-order valence-electron chi connectivity index (χ0n) is 8.73. The van der Waals surface area contributed by atoms with Gasteiger partial charge in [-0.2, -0.15) is 0 Å². The van der Waals surface area contributed by atoms with Crippen LogP contribution >= 0.6 is 0 Å². The van der Waals surface area contributed by atoms with Gasteiger partial charge >= 0.3 is 6.09 Å². The Kier molecular flexibility index (Phi) is 3.05. The summed E-state index contributed by atoms with van der Waals surface area (Å²) < 4.78 is 18.5. The lowest BCUT2D eigenvalue weighted by Crippen LogP contribution is -2.30. The van der Waals surface area contributed by atoms with E-state index < -0.39 is 12.2 Å². The molecule has 0 bridgehead atoms. The van der Waals surface area contributed by atoms with E-state index in [1.54, 1.807) is 18.2 Å². The molecule has 1 unspecified atom stereocenters. The molecule has 0 aromatic heterocycles. The molecule has 4 nitrogen and oxygen atoms in total. The van der Waals surface area contributed by atoms with Gasteiger partial charge in [0.05, 0.1) is 6.54 Å². The second-order valence-corrected chi connectivity index (χ2v) is 3.63. The third-order valence-corrected chi connectivity index (χ3v) is 2.54. The zero-order chi connectivity index (χ0) is 11.5. The summed E-state index contributed by atoms with van der Waals surface area (Å²) in [6, 6.07) is 6.30. The van der Waals surface area contributed by atoms with Gasteiger partial charge in [0.2, 0.25) is 0 Å². The highest BCUT2D eigenvalue weighted by Gasteiger charge is 2.32. The Labute approximate surface area is 92.8 Å². The number of nitrogens with zero attached hydrogens (tertiary/aromatic N) is 1. The first-order valence-corrected chi connectivity index (χ1v) is 5.12. The molecule has 1 aromatic carbocycles. The first-order valence-electron chi connectivity index (χ1n) is 5.12. The summed E-state index contributed by atoms with van der Waals surface area (Å²) >= 11 is 0. The van der Waals surface area contributed by atoms with Crippen LogP contribution in [0.15, 0.2) is 24.3 Å². The first kappa shape index (κ1) is 10.9. The second kappa shape index (κ2) is 4.49. The highest BCUT2D eigenvalue weighted by Crippen LogP contribution is 2.27. The van der Waals surface area contributed by atoms with Crippen molar-refractivity contribution in [2.24, 2.45) is 5.73 Å². The van der Waals surface area contributed by atoms with Gasteiger partial charge in [0.15, 0.2) is 0 Å². The molecular formula is C11H13FN2O2. The lowest BCUT2D eigenvalue weighted by molar-refractivity contribution is 0.131. The van der Waals surface area contributed by atoms with Crippen molar-refractivity contribution >= 4 is 6.09 Å². The largest absolute Gasteiger partial charge is 0.439 e. The molecule has 16 heavy (non-hydrogen) atoms. The highest BCUT2D eigenvalue weighted by molar-refractivity contribution is 5.70. The number of cyclic esters (lactones) is 1. The molecule has 1 amide bonds. The Morgan fingerprint density at radius 1 is 1.50 bits per heavy atom. The summed E-state index contributed by atoms with van der Waals surface area (Å²) in [4.78, 5) is 12.9. The van der Waals surface area contributed by atoms with Gasteiger partial charge in [0.25, 0.3) is 0 Å². The SMILES string of the molecule is NCCN1CC(c2ccccc2F)OC1=O. The number of carbonyl (C=O) groups is 1. The standard InChI is InChI=1S/C11H13FN2O2/c12-9-4-2-1-3-8(9)10-7-14(6-5-13)11(15)16-10/h1-4,10H,5-7,13H2. The fourth-order valence-electron chi connectivity index (χ4n) is 1.74. The number of benzene rings is 1. The summed E-state index contributed by atoms with van der Waals surface area (Å²) in [5.41, 5.74) is 5.77. The minimum atomic E-state index is -0.528. The number of halogens is 1. The van der Waals surface area contributed by atoms with Crippen molar-refractivity contribution in [3.05, 3.63) is 35.6 Å². The molecule has 1 heterocycles. The van der Waals surface area contributed by atoms with Crippen molar-refractivity contribution in [2.75, 3.05) is 19.6 Å². The maximum Gasteiger partial charge on any atom is 0.410 e. The van der Waals surface area contributed by atoms with E-state index in [9.17, 15) is 9.18 Å². The molecule has 1 fully saturated rings. The summed E-state index contributed by atoms with van der Waals surface area (Å²) in [6.45, 7) is 1.17. The van der Waals surface area contributed by atoms with Crippen LogP contribution in [0.4, 0.5) is 9.18 Å². The van der Waals surface area contributed by atoms with Crippen LogP contribution in [0.3, 0.4) is 0 Å². The Hall–Kier alpha value is -1.62. The lowest BCUT2D eigenvalue weighted by atomic mass is 10.1. The van der Waals surface area contributed by atoms with Crippen molar-refractivity contribution in [3.63, 3.8) is 0 Å². The van der Waals surface area contributed by atoms with E-state index in [0.717, 1.165) is 0 Å². The van der Waals surface area contributed by atoms with E-state index in [1.807, 2.05) is 0 Å². The number of hydrogen-bond donors (Lipinski definition) is 1. The smallest absolute Gasteiger partial charge is 0.410 e. The number of carbonyl (C=O) groups excluding carboxylic acids is 1. The van der Waals surface area contributed by atoms with E-state index >= 15 is 0 Å². The molecular weight excluding hydrogens is 211 g/mol. The van der Waals surface area contributed by atoms with Crippen molar-refractivity contribution in [2.45, 2.75) is 6.10 Å². The summed E-state index contributed by atoms with van der Waals surface area (Å²) in [5.74, 6) is -0.352. The molecule has 5 heteroatoms. The quantitative estimate of drug-likeness (QED) is 0.841. The first-order chi connectivity index (χ1) is 7.72. The second-order valence-electron chi connectivity index (χ2n) is 3.63. The normalized spacial score (nSPS) is 20.0. The van der Waals surface area contributed by atoms with Crippen molar-refractivity contribution in [1.29, 1.82) is 0 Å². The predicted molar refractivity (Wildman–Crippen MR) is 56.2 cm³/mol. The van der Waals surface area contributed by atoms with E-state index in [4.69, 9.17) is 10.5 Å². The Balaban J connectivity index is 2.14. The van der Waals surface area contributed by atoms with Crippen LogP contribution in [0.5, 0.6) is 0 Å². The molecule has 0 radical (unpaired) electrons. The van der Waals surface area contributed by atoms with Crippen LogP contribution in [0.1, 0.15) is 11.7 Å². The molecule has 86 valence electrons. The van der Waals surface area contributed by atoms with Gasteiger partial charge in [-0.05, 0) is 6.07 Å². The molecule has 1 aliphatic rings. The number of hydrogen-bond acceptors (Lipinski definition) is 3. The van der Waals surface area contributed by atoms with Crippen LogP contribution in [0.25, 0.3) is 0 Å². The highest BCUT2D eigenvalue weighted by atomic mass is 19.1. The maximum atomic E-state index is 13.4. The molecule has 2 rings (SSSR count). The average Bonchev–Trinajstić information content (AvgIpc) is 2.61. The van der Waals surface area contributed by atoms with Crippen LogP contribution in [0, 0.1) is 5.82 Å². The van der Waals surface area contributed by atoms with Crippen LogP contribution < -0.4 is 5.73 Å². The van der Waals surface area contributed by atoms with Crippen molar-refractivity contribution < 1.29 is 13.9 Å². The van der Waals surface area contributed by atoms with Gasteiger partial charge < -0.3 is 15.4 Å². The third kappa shape index (κ3) is 1.99. The van der Waals surface area contributed by atoms with E-state index in [-0.39, 0.29) is 5.82 Å². The molecule has 2 N–H and O–H groups in total. The topological polar surface area (TPSA) is 55.6 Å². The monoisotopic (exact) mass is 224 g/mol. The molecule has 1 aliphatic heterocycles. The van der Waals surface area contributed by atoms with Crippen molar-refractivity contribution in [1.82, 2.24) is 4.90 Å². The van der Waals surface area contributed by atoms with Crippen LogP contribution in [-0.4, -0.2) is 30.6 Å². The van der Waals surface area contributed by atoms with Crippen LogP contribution in [0.2, 0.25) is 0 Å². The average molecular weight is 224 g/mol. The van der Waals surface area contributed by atoms with E-state index in [2.05, 4.69) is 0 Å². The van der Waals surface area contributed by atoms with Gasteiger partial charge in [0.1, 0.15) is 11.9 Å². The Morgan fingerprint density at radius 3 is 2.94 bits per heavy atom. The number of rotatable bonds is 3. The van der Waals surface area contributed by atoms with Gasteiger partial charge in [-0.15, -0.1) is 0 Å². The van der Waals surface area contributed by atoms with Gasteiger partial charge in [-0.25, -0.2) is 9.18 Å². The molecule has 0 aliphatic carbocycles. The van der Waals surface area contributed by atoms with Gasteiger partial charge in [-0.1, -0.05) is 18.2 Å². The van der Waals surface area contributed by atoms with Crippen molar-refractivity contribution in [3.8, 4) is 0 Å². The minimum absolute atomic E-state index is 0.352. The minimum Gasteiger partial charge on any atom is -0.439 e. The van der Waals surface area contributed by atoms with E-state index in [0.29, 0.717) is 25.2 Å². The van der Waals surface area contributed by atoms with E-state index in [1.165, 1.54) is 11.0 Å². The lowest BCUT2D eigenvalue weighted by Gasteiger charge is -2.11. The predicted octanol–water partition coefficient (Wildman–Crippen LogP) is 1.28. The number of ether oxygens (including phenoxy) is 1. The fraction of sp³-hybridized carbons (Fsp3) is 0.364.